The number of benzene rings is 3. The Balaban J connectivity index is 1.37. The highest BCUT2D eigenvalue weighted by atomic mass is 16.2. The summed E-state index contributed by atoms with van der Waals surface area (Å²) in [5.41, 5.74) is 7.06. The van der Waals surface area contributed by atoms with Crippen molar-refractivity contribution in [2.24, 2.45) is 0 Å². The van der Waals surface area contributed by atoms with E-state index in [1.165, 1.54) is 0 Å². The number of nitrogens with zero attached hydrogens (tertiary/aromatic N) is 3. The van der Waals surface area contributed by atoms with Gasteiger partial charge in [0.2, 0.25) is 0 Å². The summed E-state index contributed by atoms with van der Waals surface area (Å²) in [6.07, 6.45) is 2.84. The van der Waals surface area contributed by atoms with Gasteiger partial charge in [-0.1, -0.05) is 42.5 Å². The molecule has 1 aliphatic rings. The molecule has 1 aliphatic carbocycles. The van der Waals surface area contributed by atoms with E-state index in [4.69, 9.17) is 10.1 Å². The lowest BCUT2D eigenvalue weighted by molar-refractivity contribution is 0.102. The fourth-order valence-electron chi connectivity index (χ4n) is 4.46. The molecule has 156 valence electrons. The van der Waals surface area contributed by atoms with Crippen LogP contribution in [0.25, 0.3) is 28.1 Å². The van der Waals surface area contributed by atoms with Crippen molar-refractivity contribution in [1.29, 1.82) is 0 Å². The van der Waals surface area contributed by atoms with Crippen molar-refractivity contribution in [2.75, 3.05) is 5.32 Å². The number of fused-ring (bicyclic) bond motifs is 2. The second-order valence-electron chi connectivity index (χ2n) is 7.98. The van der Waals surface area contributed by atoms with E-state index in [9.17, 15) is 4.79 Å². The standard InChI is InChI=1S/C26H21N5O/c32-26(24-19-12-8-16-23(19)31(30-24)17-9-2-1-3-10-17)29-20-13-5-4-11-18(20)25-27-21-14-6-7-15-22(21)28-25/h1-7,9-11,13-15H,8,12,16H2,(H,27,28)(H,29,32). The largest absolute Gasteiger partial charge is 0.338 e. The third-order valence-corrected chi connectivity index (χ3v) is 5.97. The van der Waals surface area contributed by atoms with Crippen molar-refractivity contribution in [3.8, 4) is 17.1 Å². The van der Waals surface area contributed by atoms with Crippen molar-refractivity contribution in [1.82, 2.24) is 19.7 Å². The summed E-state index contributed by atoms with van der Waals surface area (Å²) in [6.45, 7) is 0. The lowest BCUT2D eigenvalue weighted by Gasteiger charge is -2.09. The van der Waals surface area contributed by atoms with Gasteiger partial charge in [-0.25, -0.2) is 9.67 Å². The highest BCUT2D eigenvalue weighted by molar-refractivity contribution is 6.06. The smallest absolute Gasteiger partial charge is 0.276 e. The zero-order valence-corrected chi connectivity index (χ0v) is 17.4. The molecule has 0 saturated carbocycles. The average molecular weight is 419 g/mol. The van der Waals surface area contributed by atoms with Gasteiger partial charge in [0.1, 0.15) is 5.82 Å². The van der Waals surface area contributed by atoms with Crippen LogP contribution in [0, 0.1) is 0 Å². The van der Waals surface area contributed by atoms with Crippen LogP contribution in [-0.2, 0) is 12.8 Å². The molecule has 6 rings (SSSR count). The van der Waals surface area contributed by atoms with Crippen molar-refractivity contribution < 1.29 is 4.79 Å². The molecule has 0 aliphatic heterocycles. The van der Waals surface area contributed by atoms with Gasteiger partial charge in [-0.05, 0) is 55.7 Å². The number of aromatic amines is 1. The Hall–Kier alpha value is -4.19. The molecule has 0 spiro atoms. The zero-order valence-electron chi connectivity index (χ0n) is 17.4. The summed E-state index contributed by atoms with van der Waals surface area (Å²) < 4.78 is 1.92. The molecule has 6 heteroatoms. The number of carbonyl (C=O) groups excluding carboxylic acids is 1. The first-order valence-corrected chi connectivity index (χ1v) is 10.8. The number of para-hydroxylation sites is 4. The van der Waals surface area contributed by atoms with Gasteiger partial charge in [0, 0.05) is 16.8 Å². The maximum absolute atomic E-state index is 13.4. The summed E-state index contributed by atoms with van der Waals surface area (Å²) in [4.78, 5) is 21.4. The first kappa shape index (κ1) is 18.6. The monoisotopic (exact) mass is 419 g/mol. The molecule has 2 N–H and O–H groups in total. The number of H-pyrrole nitrogens is 1. The van der Waals surface area contributed by atoms with Gasteiger partial charge in [0.05, 0.1) is 22.4 Å². The maximum atomic E-state index is 13.4. The Morgan fingerprint density at radius 2 is 1.69 bits per heavy atom. The molecule has 0 atom stereocenters. The summed E-state index contributed by atoms with van der Waals surface area (Å²) in [5.74, 6) is 0.531. The molecule has 6 nitrogen and oxygen atoms in total. The molecule has 1 amide bonds. The molecule has 3 aromatic carbocycles. The Kier molecular flexibility index (Phi) is 4.35. The maximum Gasteiger partial charge on any atom is 0.276 e. The Bertz CT molecular complexity index is 1410. The zero-order chi connectivity index (χ0) is 21.5. The van der Waals surface area contributed by atoms with Crippen LogP contribution >= 0.6 is 0 Å². The van der Waals surface area contributed by atoms with Crippen LogP contribution in [-0.4, -0.2) is 25.7 Å². The Morgan fingerprint density at radius 3 is 2.56 bits per heavy atom. The second-order valence-corrected chi connectivity index (χ2v) is 7.98. The highest BCUT2D eigenvalue weighted by Gasteiger charge is 2.27. The molecule has 2 heterocycles. The predicted molar refractivity (Wildman–Crippen MR) is 125 cm³/mol. The topological polar surface area (TPSA) is 75.6 Å². The predicted octanol–water partition coefficient (Wildman–Crippen LogP) is 5.16. The highest BCUT2D eigenvalue weighted by Crippen LogP contribution is 2.31. The average Bonchev–Trinajstić information content (AvgIpc) is 3.55. The number of hydrogen-bond donors (Lipinski definition) is 2. The van der Waals surface area contributed by atoms with Crippen molar-refractivity contribution in [3.63, 3.8) is 0 Å². The van der Waals surface area contributed by atoms with Crippen molar-refractivity contribution >= 4 is 22.6 Å². The molecular weight excluding hydrogens is 398 g/mol. The normalized spacial score (nSPS) is 12.8. The van der Waals surface area contributed by atoms with Gasteiger partial charge < -0.3 is 10.3 Å². The Morgan fingerprint density at radius 1 is 0.906 bits per heavy atom. The summed E-state index contributed by atoms with van der Waals surface area (Å²) >= 11 is 0. The fourth-order valence-corrected chi connectivity index (χ4v) is 4.46. The van der Waals surface area contributed by atoms with E-state index in [1.807, 2.05) is 83.5 Å². The first-order chi connectivity index (χ1) is 15.8. The molecule has 0 radical (unpaired) electrons. The number of carbonyl (C=O) groups is 1. The van der Waals surface area contributed by atoms with E-state index < -0.39 is 0 Å². The molecule has 0 bridgehead atoms. The van der Waals surface area contributed by atoms with E-state index in [1.54, 1.807) is 0 Å². The van der Waals surface area contributed by atoms with Crippen LogP contribution in [0.2, 0.25) is 0 Å². The number of amides is 1. The van der Waals surface area contributed by atoms with Crippen LogP contribution in [0.4, 0.5) is 5.69 Å². The number of hydrogen-bond acceptors (Lipinski definition) is 3. The minimum atomic E-state index is -0.193. The molecule has 0 unspecified atom stereocenters. The number of aromatic nitrogens is 4. The van der Waals surface area contributed by atoms with Crippen molar-refractivity contribution in [2.45, 2.75) is 19.3 Å². The minimum Gasteiger partial charge on any atom is -0.338 e. The summed E-state index contributed by atoms with van der Waals surface area (Å²) in [6, 6.07) is 25.6. The molecule has 0 fully saturated rings. The van der Waals surface area contributed by atoms with Crippen LogP contribution in [0.15, 0.2) is 78.9 Å². The van der Waals surface area contributed by atoms with Crippen LogP contribution in [0.1, 0.15) is 28.2 Å². The number of anilines is 1. The molecule has 32 heavy (non-hydrogen) atoms. The van der Waals surface area contributed by atoms with Crippen LogP contribution in [0.3, 0.4) is 0 Å². The minimum absolute atomic E-state index is 0.193. The number of nitrogens with one attached hydrogen (secondary N) is 2. The SMILES string of the molecule is O=C(Nc1ccccc1-c1nc2ccccc2[nH]1)c1nn(-c2ccccc2)c2c1CCC2. The lowest BCUT2D eigenvalue weighted by Crippen LogP contribution is -2.15. The first-order valence-electron chi connectivity index (χ1n) is 10.8. The van der Waals surface area contributed by atoms with Gasteiger partial charge in [-0.15, -0.1) is 0 Å². The molecular formula is C26H21N5O. The Labute approximate surface area is 184 Å². The van der Waals surface area contributed by atoms with Gasteiger partial charge in [0.15, 0.2) is 5.69 Å². The van der Waals surface area contributed by atoms with Gasteiger partial charge >= 0.3 is 0 Å². The third kappa shape index (κ3) is 3.08. The molecule has 2 aromatic heterocycles. The van der Waals surface area contributed by atoms with Gasteiger partial charge in [0.25, 0.3) is 5.91 Å². The fraction of sp³-hybridized carbons (Fsp3) is 0.115. The number of rotatable bonds is 4. The van der Waals surface area contributed by atoms with E-state index in [2.05, 4.69) is 10.3 Å². The number of imidazole rings is 1. The van der Waals surface area contributed by atoms with E-state index >= 15 is 0 Å². The quantitative estimate of drug-likeness (QED) is 0.423. The van der Waals surface area contributed by atoms with E-state index in [-0.39, 0.29) is 5.91 Å². The summed E-state index contributed by atoms with van der Waals surface area (Å²) in [5, 5.41) is 7.81. The van der Waals surface area contributed by atoms with E-state index in [0.717, 1.165) is 58.6 Å². The van der Waals surface area contributed by atoms with Gasteiger partial charge in [-0.3, -0.25) is 4.79 Å². The molecule has 0 saturated heterocycles. The third-order valence-electron chi connectivity index (χ3n) is 5.97. The van der Waals surface area contributed by atoms with Crippen LogP contribution in [0.5, 0.6) is 0 Å². The van der Waals surface area contributed by atoms with Crippen molar-refractivity contribution in [3.05, 3.63) is 95.8 Å². The van der Waals surface area contributed by atoms with Gasteiger partial charge in [-0.2, -0.15) is 5.10 Å². The van der Waals surface area contributed by atoms with E-state index in [0.29, 0.717) is 11.4 Å². The van der Waals surface area contributed by atoms with Crippen LogP contribution < -0.4 is 5.32 Å². The summed E-state index contributed by atoms with van der Waals surface area (Å²) in [7, 11) is 0. The lowest BCUT2D eigenvalue weighted by atomic mass is 10.1. The second kappa shape index (κ2) is 7.50. The molecule has 5 aromatic rings.